The highest BCUT2D eigenvalue weighted by atomic mass is 32.1. The van der Waals surface area contributed by atoms with Gasteiger partial charge in [0.1, 0.15) is 5.01 Å². The van der Waals surface area contributed by atoms with Gasteiger partial charge < -0.3 is 10.1 Å². The summed E-state index contributed by atoms with van der Waals surface area (Å²) in [5.41, 5.74) is 3.31. The zero-order chi connectivity index (χ0) is 15.2. The smallest absolute Gasteiger partial charge is 0.114 e. The number of aromatic nitrogens is 2. The van der Waals surface area contributed by atoms with Crippen molar-refractivity contribution in [1.29, 1.82) is 0 Å². The zero-order valence-corrected chi connectivity index (χ0v) is 13.9. The van der Waals surface area contributed by atoms with Crippen molar-refractivity contribution < 1.29 is 4.74 Å². The van der Waals surface area contributed by atoms with Crippen LogP contribution < -0.4 is 5.32 Å². The SMILES string of the molecule is COCCNC(c1ccc(C)nc1)c1nc(C(C)C)cs1. The summed E-state index contributed by atoms with van der Waals surface area (Å²) < 4.78 is 5.13. The van der Waals surface area contributed by atoms with E-state index < -0.39 is 0 Å². The minimum absolute atomic E-state index is 0.0748. The molecule has 1 N–H and O–H groups in total. The summed E-state index contributed by atoms with van der Waals surface area (Å²) in [6.07, 6.45) is 1.93. The molecule has 0 aliphatic rings. The Hall–Kier alpha value is -1.30. The van der Waals surface area contributed by atoms with Crippen LogP contribution in [0.3, 0.4) is 0 Å². The van der Waals surface area contributed by atoms with Crippen LogP contribution in [0.2, 0.25) is 0 Å². The van der Waals surface area contributed by atoms with Crippen LogP contribution in [0.4, 0.5) is 0 Å². The van der Waals surface area contributed by atoms with Crippen molar-refractivity contribution in [3.63, 3.8) is 0 Å². The van der Waals surface area contributed by atoms with Gasteiger partial charge in [0.2, 0.25) is 0 Å². The van der Waals surface area contributed by atoms with Crippen LogP contribution in [-0.4, -0.2) is 30.2 Å². The van der Waals surface area contributed by atoms with Gasteiger partial charge in [0, 0.05) is 30.9 Å². The van der Waals surface area contributed by atoms with Crippen molar-refractivity contribution in [2.75, 3.05) is 20.3 Å². The van der Waals surface area contributed by atoms with Crippen molar-refractivity contribution in [3.05, 3.63) is 45.7 Å². The molecule has 0 bridgehead atoms. The first-order valence-electron chi connectivity index (χ1n) is 7.22. The van der Waals surface area contributed by atoms with Gasteiger partial charge in [-0.1, -0.05) is 19.9 Å². The van der Waals surface area contributed by atoms with E-state index in [0.717, 1.165) is 28.5 Å². The Kier molecular flexibility index (Phi) is 5.85. The first kappa shape index (κ1) is 16.1. The molecule has 0 spiro atoms. The third-order valence-corrected chi connectivity index (χ3v) is 4.23. The molecule has 2 aromatic rings. The quantitative estimate of drug-likeness (QED) is 0.797. The number of nitrogens with zero attached hydrogens (tertiary/aromatic N) is 2. The van der Waals surface area contributed by atoms with Crippen LogP contribution in [0.1, 0.15) is 47.8 Å². The summed E-state index contributed by atoms with van der Waals surface area (Å²) in [4.78, 5) is 9.18. The van der Waals surface area contributed by atoms with Gasteiger partial charge in [0.25, 0.3) is 0 Å². The van der Waals surface area contributed by atoms with Crippen LogP contribution in [-0.2, 0) is 4.74 Å². The summed E-state index contributed by atoms with van der Waals surface area (Å²) in [6, 6.07) is 4.23. The van der Waals surface area contributed by atoms with Crippen LogP contribution in [0, 0.1) is 6.92 Å². The Bertz CT molecular complexity index is 551. The van der Waals surface area contributed by atoms with Crippen LogP contribution in [0.25, 0.3) is 0 Å². The second-order valence-electron chi connectivity index (χ2n) is 5.38. The summed E-state index contributed by atoms with van der Waals surface area (Å²) in [5, 5.41) is 6.74. The molecule has 0 amide bonds. The molecule has 0 aromatic carbocycles. The van der Waals surface area contributed by atoms with Crippen molar-refractivity contribution in [2.24, 2.45) is 0 Å². The number of ether oxygens (including phenoxy) is 1. The molecule has 1 unspecified atom stereocenters. The number of aryl methyl sites for hydroxylation is 1. The second-order valence-corrected chi connectivity index (χ2v) is 6.27. The lowest BCUT2D eigenvalue weighted by molar-refractivity contribution is 0.197. The Morgan fingerprint density at radius 2 is 2.14 bits per heavy atom. The maximum absolute atomic E-state index is 5.13. The summed E-state index contributed by atoms with van der Waals surface area (Å²) in [5.74, 6) is 0.450. The Balaban J connectivity index is 2.23. The highest BCUT2D eigenvalue weighted by molar-refractivity contribution is 7.09. The van der Waals surface area contributed by atoms with Crippen LogP contribution in [0.5, 0.6) is 0 Å². The number of rotatable bonds is 7. The van der Waals surface area contributed by atoms with Crippen LogP contribution >= 0.6 is 11.3 Å². The minimum atomic E-state index is 0.0748. The van der Waals surface area contributed by atoms with Gasteiger partial charge in [-0.3, -0.25) is 4.98 Å². The average molecular weight is 305 g/mol. The molecule has 21 heavy (non-hydrogen) atoms. The maximum atomic E-state index is 5.13. The van der Waals surface area contributed by atoms with Gasteiger partial charge in [-0.15, -0.1) is 11.3 Å². The lowest BCUT2D eigenvalue weighted by atomic mass is 10.1. The van der Waals surface area contributed by atoms with E-state index >= 15 is 0 Å². The highest BCUT2D eigenvalue weighted by Gasteiger charge is 2.18. The number of hydrogen-bond acceptors (Lipinski definition) is 5. The topological polar surface area (TPSA) is 47.0 Å². The van der Waals surface area contributed by atoms with Gasteiger partial charge in [-0.25, -0.2) is 4.98 Å². The lowest BCUT2D eigenvalue weighted by Gasteiger charge is -2.16. The third kappa shape index (κ3) is 4.33. The summed E-state index contributed by atoms with van der Waals surface area (Å²) in [7, 11) is 1.71. The van der Waals surface area contributed by atoms with E-state index in [9.17, 15) is 0 Å². The molecule has 2 heterocycles. The predicted molar refractivity (Wildman–Crippen MR) is 86.9 cm³/mol. The molecule has 0 saturated carbocycles. The fourth-order valence-corrected chi connectivity index (χ4v) is 3.08. The second kappa shape index (κ2) is 7.64. The maximum Gasteiger partial charge on any atom is 0.114 e. The third-order valence-electron chi connectivity index (χ3n) is 3.30. The molecule has 2 rings (SSSR count). The molecule has 0 aliphatic heterocycles. The van der Waals surface area contributed by atoms with Gasteiger partial charge >= 0.3 is 0 Å². The van der Waals surface area contributed by atoms with Crippen molar-refractivity contribution in [3.8, 4) is 0 Å². The summed E-state index contributed by atoms with van der Waals surface area (Å²) in [6.45, 7) is 7.79. The number of nitrogens with one attached hydrogen (secondary N) is 1. The van der Waals surface area contributed by atoms with E-state index in [4.69, 9.17) is 9.72 Å². The van der Waals surface area contributed by atoms with Crippen molar-refractivity contribution >= 4 is 11.3 Å². The van der Waals surface area contributed by atoms with Gasteiger partial charge in [-0.2, -0.15) is 0 Å². The fourth-order valence-electron chi connectivity index (χ4n) is 2.00. The zero-order valence-electron chi connectivity index (χ0n) is 13.1. The standard InChI is InChI=1S/C16H23N3OS/c1-11(2)14-10-21-16(19-14)15(17-7-8-20-4)13-6-5-12(3)18-9-13/h5-6,9-11,15,17H,7-8H2,1-4H3. The van der Waals surface area contributed by atoms with E-state index in [1.54, 1.807) is 18.4 Å². The molecule has 2 aromatic heterocycles. The van der Waals surface area contributed by atoms with Crippen molar-refractivity contribution in [2.45, 2.75) is 32.7 Å². The molecular weight excluding hydrogens is 282 g/mol. The predicted octanol–water partition coefficient (Wildman–Crippen LogP) is 3.30. The normalized spacial score (nSPS) is 12.8. The summed E-state index contributed by atoms with van der Waals surface area (Å²) >= 11 is 1.70. The minimum Gasteiger partial charge on any atom is -0.383 e. The Morgan fingerprint density at radius 3 is 2.71 bits per heavy atom. The highest BCUT2D eigenvalue weighted by Crippen LogP contribution is 2.27. The van der Waals surface area contributed by atoms with E-state index in [-0.39, 0.29) is 6.04 Å². The van der Waals surface area contributed by atoms with Gasteiger partial charge in [0.05, 0.1) is 18.3 Å². The fraction of sp³-hybridized carbons (Fsp3) is 0.500. The molecule has 1 atom stereocenters. The first-order chi connectivity index (χ1) is 10.1. The number of hydrogen-bond donors (Lipinski definition) is 1. The first-order valence-corrected chi connectivity index (χ1v) is 8.10. The largest absolute Gasteiger partial charge is 0.383 e. The Morgan fingerprint density at radius 1 is 1.33 bits per heavy atom. The molecule has 0 radical (unpaired) electrons. The van der Waals surface area contributed by atoms with Crippen molar-refractivity contribution in [1.82, 2.24) is 15.3 Å². The molecule has 0 fully saturated rings. The van der Waals surface area contributed by atoms with E-state index in [1.807, 2.05) is 19.2 Å². The Labute approximate surface area is 130 Å². The van der Waals surface area contributed by atoms with E-state index in [1.165, 1.54) is 0 Å². The monoisotopic (exact) mass is 305 g/mol. The number of methoxy groups -OCH3 is 1. The molecule has 5 heteroatoms. The lowest BCUT2D eigenvalue weighted by Crippen LogP contribution is -2.26. The molecule has 0 aliphatic carbocycles. The molecular formula is C16H23N3OS. The molecule has 4 nitrogen and oxygen atoms in total. The molecule has 0 saturated heterocycles. The number of thiazole rings is 1. The van der Waals surface area contributed by atoms with E-state index in [2.05, 4.69) is 35.6 Å². The molecule has 114 valence electrons. The average Bonchev–Trinajstić information content (AvgIpc) is 2.95. The van der Waals surface area contributed by atoms with Gasteiger partial charge in [0.15, 0.2) is 0 Å². The van der Waals surface area contributed by atoms with Crippen LogP contribution in [0.15, 0.2) is 23.7 Å². The van der Waals surface area contributed by atoms with E-state index in [0.29, 0.717) is 12.5 Å². The number of pyridine rings is 1. The van der Waals surface area contributed by atoms with Gasteiger partial charge in [-0.05, 0) is 24.5 Å².